The second kappa shape index (κ2) is 8.94. The number of hydrogen-bond acceptors (Lipinski definition) is 3. The van der Waals surface area contributed by atoms with Crippen LogP contribution < -0.4 is 4.90 Å². The van der Waals surface area contributed by atoms with E-state index in [0.29, 0.717) is 11.3 Å². The van der Waals surface area contributed by atoms with Gasteiger partial charge in [-0.2, -0.15) is 57.1 Å². The van der Waals surface area contributed by atoms with Crippen molar-refractivity contribution in [2.75, 3.05) is 19.0 Å². The highest BCUT2D eigenvalue weighted by Crippen LogP contribution is 2.61. The molecule has 37 heavy (non-hydrogen) atoms. The monoisotopic (exact) mass is 579 g/mol. The quantitative estimate of drug-likeness (QED) is 0.320. The van der Waals surface area contributed by atoms with E-state index >= 15 is 0 Å². The lowest BCUT2D eigenvalue weighted by Gasteiger charge is -2.39. The summed E-state index contributed by atoms with van der Waals surface area (Å²) in [6.45, 7) is 0. The van der Waals surface area contributed by atoms with Crippen LogP contribution in [0.25, 0.3) is 11.1 Å². The van der Waals surface area contributed by atoms with E-state index in [1.165, 1.54) is 12.1 Å². The molecular formula is C20H14F13NO2S. The predicted octanol–water partition coefficient (Wildman–Crippen LogP) is 6.89. The van der Waals surface area contributed by atoms with Crippen molar-refractivity contribution in [3.05, 3.63) is 48.5 Å². The van der Waals surface area contributed by atoms with Crippen LogP contribution >= 0.6 is 0 Å². The van der Waals surface area contributed by atoms with E-state index < -0.39 is 49.9 Å². The van der Waals surface area contributed by atoms with Crippen LogP contribution in [-0.4, -0.2) is 57.6 Å². The fourth-order valence-electron chi connectivity index (χ4n) is 2.85. The van der Waals surface area contributed by atoms with Crippen molar-refractivity contribution in [2.24, 2.45) is 0 Å². The largest absolute Gasteiger partial charge is 0.460 e. The summed E-state index contributed by atoms with van der Waals surface area (Å²) in [6, 6.07) is 7.95. The Balaban J connectivity index is 2.53. The lowest BCUT2D eigenvalue weighted by molar-refractivity contribution is -0.433. The standard InChI is InChI=1S/C20H14F13NO2S/c1-34(2)13-7-3-11(4-8-13)12-5-9-14(10-6-12)37(35,36)20(32,33)18(27,28)16(23,24)15(21,22)17(25,26)19(29,30)31/h3-10H,1-2H3. The van der Waals surface area contributed by atoms with Gasteiger partial charge in [0, 0.05) is 19.8 Å². The van der Waals surface area contributed by atoms with Gasteiger partial charge in [-0.25, -0.2) is 8.42 Å². The molecule has 0 unspecified atom stereocenters. The summed E-state index contributed by atoms with van der Waals surface area (Å²) in [7, 11) is -3.69. The molecule has 2 aromatic rings. The number of nitrogens with zero attached hydrogens (tertiary/aromatic N) is 1. The van der Waals surface area contributed by atoms with Gasteiger partial charge in [-0.3, -0.25) is 0 Å². The van der Waals surface area contributed by atoms with Gasteiger partial charge in [0.1, 0.15) is 0 Å². The van der Waals surface area contributed by atoms with Crippen LogP contribution in [0.3, 0.4) is 0 Å². The van der Waals surface area contributed by atoms with Crippen molar-refractivity contribution in [3.63, 3.8) is 0 Å². The molecule has 0 aliphatic heterocycles. The number of rotatable bonds is 8. The Morgan fingerprint density at radius 3 is 1.24 bits per heavy atom. The molecule has 0 saturated carbocycles. The Kier molecular flexibility index (Phi) is 7.37. The number of alkyl halides is 13. The molecule has 0 amide bonds. The molecule has 0 fully saturated rings. The highest BCUT2D eigenvalue weighted by atomic mass is 32.2. The summed E-state index contributed by atoms with van der Waals surface area (Å²) in [5, 5.41) is -7.27. The van der Waals surface area contributed by atoms with Crippen molar-refractivity contribution in [2.45, 2.75) is 40.0 Å². The Morgan fingerprint density at radius 2 is 0.892 bits per heavy atom. The Morgan fingerprint density at radius 1 is 0.541 bits per heavy atom. The molecule has 0 radical (unpaired) electrons. The molecule has 2 rings (SSSR count). The zero-order valence-corrected chi connectivity index (χ0v) is 19.0. The van der Waals surface area contributed by atoms with Crippen LogP contribution in [0.4, 0.5) is 62.8 Å². The van der Waals surface area contributed by atoms with Crippen molar-refractivity contribution in [1.82, 2.24) is 0 Å². The zero-order chi connectivity index (χ0) is 29.0. The van der Waals surface area contributed by atoms with Crippen LogP contribution in [0.1, 0.15) is 0 Å². The number of hydrogen-bond donors (Lipinski definition) is 0. The van der Waals surface area contributed by atoms with Gasteiger partial charge >= 0.3 is 35.1 Å². The van der Waals surface area contributed by atoms with E-state index in [0.717, 1.165) is 12.1 Å². The van der Waals surface area contributed by atoms with Crippen LogP contribution in [-0.2, 0) is 9.84 Å². The van der Waals surface area contributed by atoms with Crippen LogP contribution in [0.15, 0.2) is 53.4 Å². The maximum Gasteiger partial charge on any atom is 0.460 e. The highest BCUT2D eigenvalue weighted by Gasteiger charge is 2.92. The van der Waals surface area contributed by atoms with Gasteiger partial charge in [-0.15, -0.1) is 0 Å². The number of sulfone groups is 1. The lowest BCUT2D eigenvalue weighted by atomic mass is 9.98. The van der Waals surface area contributed by atoms with Gasteiger partial charge in [0.2, 0.25) is 9.84 Å². The minimum atomic E-state index is -8.20. The summed E-state index contributed by atoms with van der Waals surface area (Å²) in [5.41, 5.74) is 1.10. The van der Waals surface area contributed by atoms with Gasteiger partial charge in [0.05, 0.1) is 4.90 Å². The third-order valence-electron chi connectivity index (χ3n) is 5.12. The molecule has 208 valence electrons. The predicted molar refractivity (Wildman–Crippen MR) is 104 cm³/mol. The van der Waals surface area contributed by atoms with Crippen molar-refractivity contribution < 1.29 is 65.5 Å². The van der Waals surface area contributed by atoms with E-state index in [4.69, 9.17) is 0 Å². The molecule has 0 spiro atoms. The summed E-state index contributed by atoms with van der Waals surface area (Å²) in [5.74, 6) is -32.3. The van der Waals surface area contributed by atoms with Gasteiger partial charge in [0.25, 0.3) is 0 Å². The number of halogens is 13. The molecule has 0 aromatic heterocycles. The maximum absolute atomic E-state index is 14.2. The average molecular weight is 579 g/mol. The first kappa shape index (κ1) is 30.5. The Bertz CT molecular complexity index is 1220. The molecular weight excluding hydrogens is 565 g/mol. The first-order valence-electron chi connectivity index (χ1n) is 9.46. The topological polar surface area (TPSA) is 37.4 Å². The third-order valence-corrected chi connectivity index (χ3v) is 6.95. The molecule has 2 aromatic carbocycles. The SMILES string of the molecule is CN(C)c1ccc(-c2ccc(S(=O)(=O)C(F)(F)C(F)(F)C(F)(F)C(F)(F)C(F)(F)C(F)(F)F)cc2)cc1. The van der Waals surface area contributed by atoms with Crippen molar-refractivity contribution >= 4 is 15.5 Å². The van der Waals surface area contributed by atoms with E-state index in [9.17, 15) is 65.5 Å². The van der Waals surface area contributed by atoms with Gasteiger partial charge in [0.15, 0.2) is 0 Å². The molecule has 3 nitrogen and oxygen atoms in total. The molecule has 17 heteroatoms. The third kappa shape index (κ3) is 4.48. The van der Waals surface area contributed by atoms with Gasteiger partial charge in [-0.05, 0) is 35.4 Å². The smallest absolute Gasteiger partial charge is 0.378 e. The summed E-state index contributed by atoms with van der Waals surface area (Å²) in [4.78, 5) is -0.154. The van der Waals surface area contributed by atoms with Crippen LogP contribution in [0.2, 0.25) is 0 Å². The van der Waals surface area contributed by atoms with Crippen LogP contribution in [0, 0.1) is 0 Å². The molecule has 0 N–H and O–H groups in total. The Labute approximate surface area is 200 Å². The summed E-state index contributed by atoms with van der Waals surface area (Å²) in [6.07, 6.45) is -7.59. The molecule has 0 saturated heterocycles. The second-order valence-corrected chi connectivity index (χ2v) is 9.77. The fraction of sp³-hybridized carbons (Fsp3) is 0.400. The molecule has 0 bridgehead atoms. The molecule has 0 aliphatic rings. The van der Waals surface area contributed by atoms with E-state index in [1.807, 2.05) is 0 Å². The average Bonchev–Trinajstić information content (AvgIpc) is 2.77. The normalized spacial score (nSPS) is 14.6. The van der Waals surface area contributed by atoms with Crippen molar-refractivity contribution in [1.29, 1.82) is 0 Å². The highest BCUT2D eigenvalue weighted by molar-refractivity contribution is 7.92. The first-order chi connectivity index (χ1) is 16.4. The summed E-state index contributed by atoms with van der Waals surface area (Å²) < 4.78 is 197. The maximum atomic E-state index is 14.2. The van der Waals surface area contributed by atoms with E-state index in [-0.39, 0.29) is 17.7 Å². The fourth-order valence-corrected chi connectivity index (χ4v) is 4.11. The number of benzene rings is 2. The zero-order valence-electron chi connectivity index (χ0n) is 18.2. The molecule has 0 atom stereocenters. The summed E-state index contributed by atoms with van der Waals surface area (Å²) >= 11 is 0. The van der Waals surface area contributed by atoms with E-state index in [2.05, 4.69) is 0 Å². The van der Waals surface area contributed by atoms with E-state index in [1.54, 1.807) is 31.1 Å². The minimum Gasteiger partial charge on any atom is -0.378 e. The minimum absolute atomic E-state index is 0.0843. The van der Waals surface area contributed by atoms with Crippen LogP contribution in [0.5, 0.6) is 0 Å². The number of anilines is 1. The van der Waals surface area contributed by atoms with Gasteiger partial charge in [-0.1, -0.05) is 24.3 Å². The van der Waals surface area contributed by atoms with Gasteiger partial charge < -0.3 is 4.90 Å². The molecule has 0 heterocycles. The van der Waals surface area contributed by atoms with Crippen molar-refractivity contribution in [3.8, 4) is 11.1 Å². The Hall–Kier alpha value is -2.72. The first-order valence-corrected chi connectivity index (χ1v) is 10.9. The lowest BCUT2D eigenvalue weighted by Crippen LogP contribution is -2.71. The second-order valence-electron chi connectivity index (χ2n) is 7.78. The molecule has 0 aliphatic carbocycles.